The maximum absolute atomic E-state index is 14.8. The molecule has 0 saturated heterocycles. The van der Waals surface area contributed by atoms with Crippen molar-refractivity contribution in [3.63, 3.8) is 0 Å². The van der Waals surface area contributed by atoms with Crippen LogP contribution in [0.2, 0.25) is 5.02 Å². The monoisotopic (exact) mass is 557 g/mol. The minimum Gasteiger partial charge on any atom is -0.337 e. The summed E-state index contributed by atoms with van der Waals surface area (Å²) < 4.78 is 17.5. The Bertz CT molecular complexity index is 1890. The summed E-state index contributed by atoms with van der Waals surface area (Å²) in [6.07, 6.45) is 6.52. The van der Waals surface area contributed by atoms with Gasteiger partial charge in [0.2, 0.25) is 17.6 Å². The predicted octanol–water partition coefficient (Wildman–Crippen LogP) is 4.99. The van der Waals surface area contributed by atoms with Crippen molar-refractivity contribution >= 4 is 46.0 Å². The second-order valence-electron chi connectivity index (χ2n) is 11.1. The molecular formula is C29H25ClFN7O2. The first-order valence-corrected chi connectivity index (χ1v) is 13.5. The fourth-order valence-electron chi connectivity index (χ4n) is 5.67. The molecule has 1 saturated carbocycles. The number of halogens is 2. The number of carbonyl (C=O) groups is 1. The first kappa shape index (κ1) is 24.7. The summed E-state index contributed by atoms with van der Waals surface area (Å²) in [6, 6.07) is 10.3. The Labute approximate surface area is 233 Å². The first-order chi connectivity index (χ1) is 19.2. The third-order valence-electron chi connectivity index (χ3n) is 7.69. The van der Waals surface area contributed by atoms with Gasteiger partial charge in [-0.15, -0.1) is 0 Å². The SMILES string of the molecule is CC1(C)CN(C(=O)C2CC2)Cc2cc(Nc3ncc4c(=O)n(-c5c(F)cccc5Cl)c5nccn5c4n3)ccc21. The fraction of sp³-hybridized carbons (Fsp3) is 0.276. The van der Waals surface area contributed by atoms with Crippen LogP contribution in [0.1, 0.15) is 37.8 Å². The predicted molar refractivity (Wildman–Crippen MR) is 150 cm³/mol. The molecule has 5 aromatic rings. The number of anilines is 2. The third kappa shape index (κ3) is 3.93. The van der Waals surface area contributed by atoms with Gasteiger partial charge in [0.15, 0.2) is 5.65 Å². The van der Waals surface area contributed by atoms with E-state index >= 15 is 0 Å². The van der Waals surface area contributed by atoms with E-state index in [1.165, 1.54) is 36.2 Å². The molecule has 1 amide bonds. The van der Waals surface area contributed by atoms with Crippen molar-refractivity contribution in [3.8, 4) is 5.69 Å². The van der Waals surface area contributed by atoms with Crippen molar-refractivity contribution < 1.29 is 9.18 Å². The van der Waals surface area contributed by atoms with Gasteiger partial charge in [-0.3, -0.25) is 14.0 Å². The number of amides is 1. The minimum absolute atomic E-state index is 0.0820. The molecule has 11 heteroatoms. The Balaban J connectivity index is 1.28. The molecule has 0 bridgehead atoms. The van der Waals surface area contributed by atoms with E-state index in [0.29, 0.717) is 18.7 Å². The number of fused-ring (bicyclic) bond motifs is 4. The molecule has 40 heavy (non-hydrogen) atoms. The molecule has 0 spiro atoms. The number of aromatic nitrogens is 5. The van der Waals surface area contributed by atoms with E-state index in [9.17, 15) is 14.0 Å². The van der Waals surface area contributed by atoms with Gasteiger partial charge in [0, 0.05) is 48.7 Å². The van der Waals surface area contributed by atoms with Gasteiger partial charge in [-0.1, -0.05) is 37.6 Å². The number of carbonyl (C=O) groups excluding carboxylic acids is 1. The largest absolute Gasteiger partial charge is 0.337 e. The van der Waals surface area contributed by atoms with Gasteiger partial charge in [0.25, 0.3) is 5.56 Å². The number of hydrogen-bond donors (Lipinski definition) is 1. The van der Waals surface area contributed by atoms with Crippen molar-refractivity contribution in [1.29, 1.82) is 0 Å². The van der Waals surface area contributed by atoms with E-state index < -0.39 is 11.4 Å². The van der Waals surface area contributed by atoms with Crippen molar-refractivity contribution in [3.05, 3.63) is 87.3 Å². The number of nitrogens with zero attached hydrogens (tertiary/aromatic N) is 6. The zero-order chi connectivity index (χ0) is 27.8. The highest BCUT2D eigenvalue weighted by molar-refractivity contribution is 6.32. The normalized spacial score (nSPS) is 16.4. The van der Waals surface area contributed by atoms with Crippen LogP contribution >= 0.6 is 11.6 Å². The maximum Gasteiger partial charge on any atom is 0.270 e. The molecule has 4 heterocycles. The number of para-hydroxylation sites is 1. The van der Waals surface area contributed by atoms with Crippen LogP contribution in [0, 0.1) is 11.7 Å². The Hall–Kier alpha value is -4.31. The van der Waals surface area contributed by atoms with E-state index in [1.807, 2.05) is 17.0 Å². The number of benzene rings is 2. The van der Waals surface area contributed by atoms with Gasteiger partial charge in [-0.05, 0) is 48.2 Å². The van der Waals surface area contributed by atoms with Gasteiger partial charge in [0.05, 0.1) is 5.02 Å². The quantitative estimate of drug-likeness (QED) is 0.334. The summed E-state index contributed by atoms with van der Waals surface area (Å²) in [5.74, 6) is 0.214. The van der Waals surface area contributed by atoms with Crippen molar-refractivity contribution in [1.82, 2.24) is 28.8 Å². The molecule has 0 radical (unpaired) electrons. The summed E-state index contributed by atoms with van der Waals surface area (Å²) in [5, 5.41) is 3.50. The Morgan fingerprint density at radius 1 is 1.18 bits per heavy atom. The lowest BCUT2D eigenvalue weighted by molar-refractivity contribution is -0.134. The van der Waals surface area contributed by atoms with E-state index in [-0.39, 0.29) is 45.1 Å². The molecule has 1 aliphatic carbocycles. The minimum atomic E-state index is -0.647. The van der Waals surface area contributed by atoms with Crippen molar-refractivity contribution in [2.45, 2.75) is 38.6 Å². The maximum atomic E-state index is 14.8. The molecule has 3 aromatic heterocycles. The molecule has 0 unspecified atom stereocenters. The van der Waals surface area contributed by atoms with Crippen LogP contribution in [0.25, 0.3) is 22.5 Å². The summed E-state index contributed by atoms with van der Waals surface area (Å²) in [5.41, 5.74) is 2.60. The third-order valence-corrected chi connectivity index (χ3v) is 7.99. The molecule has 0 atom stereocenters. The van der Waals surface area contributed by atoms with Gasteiger partial charge in [0.1, 0.15) is 16.9 Å². The molecule has 202 valence electrons. The van der Waals surface area contributed by atoms with Crippen LogP contribution < -0.4 is 10.9 Å². The molecular weight excluding hydrogens is 533 g/mol. The standard InChI is InChI=1S/C29H25ClFN7O2/c1-29(2)15-36(25(39)16-6-7-16)14-17-12-18(8-9-20(17)29)34-27-33-13-19-24(35-27)37-11-10-32-28(37)38(26(19)40)23-21(30)4-3-5-22(23)31/h3-5,8-13,16H,6-7,14-15H2,1-2H3,(H,33,34,35). The van der Waals surface area contributed by atoms with E-state index in [4.69, 9.17) is 11.6 Å². The smallest absolute Gasteiger partial charge is 0.270 e. The topological polar surface area (TPSA) is 97.4 Å². The van der Waals surface area contributed by atoms with E-state index in [0.717, 1.165) is 28.7 Å². The summed E-state index contributed by atoms with van der Waals surface area (Å²) >= 11 is 6.28. The van der Waals surface area contributed by atoms with E-state index in [1.54, 1.807) is 10.6 Å². The second kappa shape index (κ2) is 8.85. The van der Waals surface area contributed by atoms with Crippen LogP contribution in [0.5, 0.6) is 0 Å². The lowest BCUT2D eigenvalue weighted by Crippen LogP contribution is -2.45. The molecule has 9 nitrogen and oxygen atoms in total. The van der Waals surface area contributed by atoms with Crippen LogP contribution in [-0.4, -0.2) is 41.3 Å². The van der Waals surface area contributed by atoms with Crippen LogP contribution in [0.3, 0.4) is 0 Å². The zero-order valence-corrected chi connectivity index (χ0v) is 22.6. The highest BCUT2D eigenvalue weighted by Crippen LogP contribution is 2.38. The first-order valence-electron chi connectivity index (χ1n) is 13.1. The molecule has 1 fully saturated rings. The Morgan fingerprint density at radius 3 is 2.77 bits per heavy atom. The zero-order valence-electron chi connectivity index (χ0n) is 21.9. The number of hydrogen-bond acceptors (Lipinski definition) is 6. The van der Waals surface area contributed by atoms with Gasteiger partial charge < -0.3 is 10.2 Å². The van der Waals surface area contributed by atoms with E-state index in [2.05, 4.69) is 40.2 Å². The molecule has 1 N–H and O–H groups in total. The molecule has 2 aromatic carbocycles. The van der Waals surface area contributed by atoms with Crippen molar-refractivity contribution in [2.75, 3.05) is 11.9 Å². The van der Waals surface area contributed by atoms with Gasteiger partial charge in [-0.2, -0.15) is 4.98 Å². The summed E-state index contributed by atoms with van der Waals surface area (Å²) in [6.45, 7) is 5.59. The lowest BCUT2D eigenvalue weighted by atomic mass is 9.78. The average molecular weight is 558 g/mol. The Kier molecular flexibility index (Phi) is 5.47. The second-order valence-corrected chi connectivity index (χ2v) is 11.5. The number of imidazole rings is 1. The van der Waals surface area contributed by atoms with Gasteiger partial charge >= 0.3 is 0 Å². The van der Waals surface area contributed by atoms with Crippen molar-refractivity contribution in [2.24, 2.45) is 5.92 Å². The highest BCUT2D eigenvalue weighted by Gasteiger charge is 2.39. The van der Waals surface area contributed by atoms with Crippen LogP contribution in [-0.2, 0) is 16.8 Å². The summed E-state index contributed by atoms with van der Waals surface area (Å²) in [7, 11) is 0. The van der Waals surface area contributed by atoms with Crippen LogP contribution in [0.4, 0.5) is 16.0 Å². The van der Waals surface area contributed by atoms with Gasteiger partial charge in [-0.25, -0.2) is 18.9 Å². The fourth-order valence-corrected chi connectivity index (χ4v) is 5.92. The number of nitrogens with one attached hydrogen (secondary N) is 1. The highest BCUT2D eigenvalue weighted by atomic mass is 35.5. The van der Waals surface area contributed by atoms with Crippen LogP contribution in [0.15, 0.2) is 59.8 Å². The molecule has 1 aliphatic heterocycles. The molecule has 2 aliphatic rings. The number of rotatable bonds is 4. The lowest BCUT2D eigenvalue weighted by Gasteiger charge is -2.40. The molecule has 7 rings (SSSR count). The summed E-state index contributed by atoms with van der Waals surface area (Å²) in [4.78, 5) is 41.6. The Morgan fingerprint density at radius 2 is 2.00 bits per heavy atom. The average Bonchev–Trinajstić information content (AvgIpc) is 3.65.